The topological polar surface area (TPSA) is 46.5 Å². The molecule has 1 N–H and O–H groups in total. The third kappa shape index (κ3) is 2.21. The average Bonchev–Trinajstić information content (AvgIpc) is 2.62. The van der Waals surface area contributed by atoms with Crippen LogP contribution < -0.4 is 9.83 Å². The molecular formula is C20H17O3P. The fraction of sp³-hybridized carbons (Fsp3) is 0.100. The van der Waals surface area contributed by atoms with Gasteiger partial charge in [0.25, 0.3) is 0 Å². The highest BCUT2D eigenvalue weighted by Crippen LogP contribution is 2.62. The van der Waals surface area contributed by atoms with Gasteiger partial charge in [0.05, 0.1) is 5.30 Å². The second-order valence-corrected chi connectivity index (χ2v) is 8.28. The maximum Gasteiger partial charge on any atom is 0.310 e. The van der Waals surface area contributed by atoms with Gasteiger partial charge in [0.1, 0.15) is 5.75 Å². The van der Waals surface area contributed by atoms with Crippen LogP contribution in [0.2, 0.25) is 0 Å². The first-order valence-corrected chi connectivity index (χ1v) is 9.52. The Labute approximate surface area is 141 Å². The van der Waals surface area contributed by atoms with E-state index in [1.165, 1.54) is 0 Å². The number of rotatable bonds is 2. The van der Waals surface area contributed by atoms with Gasteiger partial charge in [-0.1, -0.05) is 60.7 Å². The highest BCUT2D eigenvalue weighted by molar-refractivity contribution is 7.68. The highest BCUT2D eigenvalue weighted by atomic mass is 31.2. The van der Waals surface area contributed by atoms with Gasteiger partial charge in [0.2, 0.25) is 0 Å². The lowest BCUT2D eigenvalue weighted by atomic mass is 10.0. The molecule has 0 fully saturated rings. The van der Waals surface area contributed by atoms with Crippen molar-refractivity contribution in [1.29, 1.82) is 0 Å². The molecule has 3 aromatic rings. The van der Waals surface area contributed by atoms with Crippen molar-refractivity contribution in [2.75, 3.05) is 0 Å². The first-order valence-electron chi connectivity index (χ1n) is 7.83. The van der Waals surface area contributed by atoms with Crippen molar-refractivity contribution in [3.63, 3.8) is 0 Å². The SMILES string of the molecule is Cc1ccccc1C(O)P1(=O)Oc2ccccc2-c2ccccc21. The molecule has 0 saturated heterocycles. The van der Waals surface area contributed by atoms with Gasteiger partial charge in [-0.15, -0.1) is 0 Å². The largest absolute Gasteiger partial charge is 0.437 e. The fourth-order valence-corrected chi connectivity index (χ4v) is 5.57. The van der Waals surface area contributed by atoms with Gasteiger partial charge < -0.3 is 9.63 Å². The average molecular weight is 336 g/mol. The van der Waals surface area contributed by atoms with E-state index in [2.05, 4.69) is 0 Å². The maximum absolute atomic E-state index is 13.8. The third-order valence-electron chi connectivity index (χ3n) is 4.44. The minimum Gasteiger partial charge on any atom is -0.437 e. The van der Waals surface area contributed by atoms with E-state index >= 15 is 0 Å². The molecule has 1 aliphatic rings. The number of hydrogen-bond donors (Lipinski definition) is 1. The molecule has 0 aliphatic carbocycles. The molecule has 3 aromatic carbocycles. The van der Waals surface area contributed by atoms with Crippen molar-refractivity contribution >= 4 is 12.7 Å². The monoisotopic (exact) mass is 336 g/mol. The van der Waals surface area contributed by atoms with E-state index in [9.17, 15) is 9.67 Å². The van der Waals surface area contributed by atoms with Crippen molar-refractivity contribution < 1.29 is 14.2 Å². The van der Waals surface area contributed by atoms with Crippen molar-refractivity contribution in [2.45, 2.75) is 12.8 Å². The van der Waals surface area contributed by atoms with Crippen LogP contribution in [0.4, 0.5) is 0 Å². The summed E-state index contributed by atoms with van der Waals surface area (Å²) in [5.74, 6) is -0.652. The van der Waals surface area contributed by atoms with Crippen LogP contribution in [0.5, 0.6) is 5.75 Å². The molecule has 0 bridgehead atoms. The quantitative estimate of drug-likeness (QED) is 0.693. The standard InChI is InChI=1S/C20H17O3P/c1-14-8-2-3-9-15(14)20(21)24(22)19-13-7-5-11-17(19)16-10-4-6-12-18(16)23-24/h2-13,20-21H,1H3. The Morgan fingerprint density at radius 3 is 2.29 bits per heavy atom. The van der Waals surface area contributed by atoms with E-state index < -0.39 is 13.2 Å². The molecule has 0 spiro atoms. The van der Waals surface area contributed by atoms with Crippen molar-refractivity contribution in [1.82, 2.24) is 0 Å². The summed E-state index contributed by atoms with van der Waals surface area (Å²) in [7, 11) is -3.52. The number of aliphatic hydroxyl groups is 1. The molecule has 1 heterocycles. The Morgan fingerprint density at radius 2 is 1.50 bits per heavy atom. The summed E-state index contributed by atoms with van der Waals surface area (Å²) in [5, 5.41) is 11.5. The Balaban J connectivity index is 1.93. The number of para-hydroxylation sites is 1. The van der Waals surface area contributed by atoms with Crippen molar-refractivity contribution in [2.24, 2.45) is 0 Å². The lowest BCUT2D eigenvalue weighted by Crippen LogP contribution is -2.22. The van der Waals surface area contributed by atoms with E-state index in [4.69, 9.17) is 4.52 Å². The Morgan fingerprint density at radius 1 is 0.875 bits per heavy atom. The molecule has 120 valence electrons. The van der Waals surface area contributed by atoms with Crippen LogP contribution in [0.15, 0.2) is 72.8 Å². The second kappa shape index (κ2) is 5.62. The van der Waals surface area contributed by atoms with Gasteiger partial charge in [-0.3, -0.25) is 4.57 Å². The molecule has 3 nitrogen and oxygen atoms in total. The number of fused-ring (bicyclic) bond motifs is 3. The summed E-state index contributed by atoms with van der Waals surface area (Å²) in [6, 6.07) is 22.4. The predicted molar refractivity (Wildman–Crippen MR) is 95.9 cm³/mol. The first-order chi connectivity index (χ1) is 11.6. The van der Waals surface area contributed by atoms with Gasteiger partial charge in [0.15, 0.2) is 5.85 Å². The van der Waals surface area contributed by atoms with E-state index in [0.717, 1.165) is 16.7 Å². The molecular weight excluding hydrogens is 319 g/mol. The minimum absolute atomic E-state index is 0.548. The summed E-state index contributed by atoms with van der Waals surface area (Å²) in [4.78, 5) is 0. The maximum atomic E-state index is 13.8. The molecule has 2 unspecified atom stereocenters. The van der Waals surface area contributed by atoms with Crippen LogP contribution in [0.1, 0.15) is 17.0 Å². The van der Waals surface area contributed by atoms with Crippen LogP contribution in [0.25, 0.3) is 11.1 Å². The summed E-state index contributed by atoms with van der Waals surface area (Å²) >= 11 is 0. The van der Waals surface area contributed by atoms with Gasteiger partial charge in [-0.25, -0.2) is 0 Å². The number of aliphatic hydroxyl groups excluding tert-OH is 1. The molecule has 0 amide bonds. The molecule has 4 rings (SSSR count). The number of aryl methyl sites for hydroxylation is 1. The lowest BCUT2D eigenvalue weighted by Gasteiger charge is -2.32. The van der Waals surface area contributed by atoms with Crippen molar-refractivity contribution in [3.8, 4) is 16.9 Å². The predicted octanol–water partition coefficient (Wildman–Crippen LogP) is 4.65. The molecule has 0 radical (unpaired) electrons. The van der Waals surface area contributed by atoms with Crippen LogP contribution in [-0.2, 0) is 4.57 Å². The van der Waals surface area contributed by atoms with Gasteiger partial charge in [-0.05, 0) is 35.7 Å². The van der Waals surface area contributed by atoms with Gasteiger partial charge in [-0.2, -0.15) is 0 Å². The van der Waals surface area contributed by atoms with E-state index in [-0.39, 0.29) is 0 Å². The Hall–Kier alpha value is -2.35. The zero-order valence-corrected chi connectivity index (χ0v) is 14.1. The van der Waals surface area contributed by atoms with Crippen LogP contribution in [0, 0.1) is 6.92 Å². The van der Waals surface area contributed by atoms with Crippen LogP contribution in [0.3, 0.4) is 0 Å². The first kappa shape index (κ1) is 15.2. The second-order valence-electron chi connectivity index (χ2n) is 5.93. The summed E-state index contributed by atoms with van der Waals surface area (Å²) in [5.41, 5.74) is 3.28. The zero-order chi connectivity index (χ0) is 16.7. The van der Waals surface area contributed by atoms with Gasteiger partial charge in [0, 0.05) is 5.56 Å². The molecule has 0 aromatic heterocycles. The Bertz CT molecular complexity index is 964. The lowest BCUT2D eigenvalue weighted by molar-refractivity contribution is 0.239. The molecule has 0 saturated carbocycles. The zero-order valence-electron chi connectivity index (χ0n) is 13.2. The summed E-state index contributed by atoms with van der Waals surface area (Å²) < 4.78 is 19.7. The van der Waals surface area contributed by atoms with Gasteiger partial charge >= 0.3 is 7.37 Å². The number of hydrogen-bond acceptors (Lipinski definition) is 3. The normalized spacial score (nSPS) is 19.8. The molecule has 1 aliphatic heterocycles. The number of benzene rings is 3. The minimum atomic E-state index is -3.52. The third-order valence-corrected chi connectivity index (χ3v) is 6.89. The highest BCUT2D eigenvalue weighted by Gasteiger charge is 2.43. The molecule has 2 atom stereocenters. The molecule has 4 heteroatoms. The smallest absolute Gasteiger partial charge is 0.310 e. The van der Waals surface area contributed by atoms with E-state index in [0.29, 0.717) is 16.6 Å². The van der Waals surface area contributed by atoms with E-state index in [1.54, 1.807) is 18.2 Å². The summed E-state index contributed by atoms with van der Waals surface area (Å²) in [6.45, 7) is 1.90. The van der Waals surface area contributed by atoms with E-state index in [1.807, 2.05) is 61.5 Å². The van der Waals surface area contributed by atoms with Crippen LogP contribution >= 0.6 is 7.37 Å². The molecule has 24 heavy (non-hydrogen) atoms. The summed E-state index contributed by atoms with van der Waals surface area (Å²) in [6.07, 6.45) is 0. The fourth-order valence-electron chi connectivity index (χ4n) is 3.18. The Kier molecular flexibility index (Phi) is 3.56. The van der Waals surface area contributed by atoms with Crippen molar-refractivity contribution in [3.05, 3.63) is 83.9 Å². The van der Waals surface area contributed by atoms with Crippen LogP contribution in [-0.4, -0.2) is 5.11 Å².